The minimum atomic E-state index is -0.494. The van der Waals surface area contributed by atoms with E-state index in [2.05, 4.69) is 19.8 Å². The molecule has 1 fully saturated rings. The molecule has 0 spiro atoms. The maximum atomic E-state index is 13.1. The van der Waals surface area contributed by atoms with Gasteiger partial charge in [0.05, 0.1) is 17.9 Å². The van der Waals surface area contributed by atoms with Crippen molar-refractivity contribution in [2.45, 2.75) is 18.9 Å². The van der Waals surface area contributed by atoms with Crippen molar-refractivity contribution in [3.63, 3.8) is 0 Å². The molecule has 2 aromatic rings. The summed E-state index contributed by atoms with van der Waals surface area (Å²) in [6.07, 6.45) is 7.59. The zero-order chi connectivity index (χ0) is 16.2. The van der Waals surface area contributed by atoms with Crippen LogP contribution in [0.5, 0.6) is 0 Å². The summed E-state index contributed by atoms with van der Waals surface area (Å²) in [6.45, 7) is 2.05. The Morgan fingerprint density at radius 3 is 2.83 bits per heavy atom. The molecule has 1 aliphatic rings. The number of piperidine rings is 1. The predicted molar refractivity (Wildman–Crippen MR) is 87.0 cm³/mol. The molecule has 2 heterocycles. The molecule has 0 unspecified atom stereocenters. The van der Waals surface area contributed by atoms with E-state index in [1.807, 2.05) is 12.5 Å². The third-order valence-electron chi connectivity index (χ3n) is 4.07. The zero-order valence-corrected chi connectivity index (χ0v) is 13.3. The Bertz CT molecular complexity index is 669. The second-order valence-electron chi connectivity index (χ2n) is 5.69. The molecule has 0 bridgehead atoms. The van der Waals surface area contributed by atoms with Crippen molar-refractivity contribution in [2.75, 3.05) is 25.0 Å². The quantitative estimate of drug-likeness (QED) is 0.934. The smallest absolute Gasteiger partial charge is 0.238 e. The van der Waals surface area contributed by atoms with Crippen molar-refractivity contribution in [3.05, 3.63) is 47.8 Å². The van der Waals surface area contributed by atoms with Gasteiger partial charge in [-0.05, 0) is 31.0 Å². The minimum Gasteiger partial charge on any atom is -0.334 e. The average Bonchev–Trinajstić information content (AvgIpc) is 3.06. The van der Waals surface area contributed by atoms with Crippen LogP contribution in [0, 0.1) is 5.82 Å². The van der Waals surface area contributed by atoms with E-state index in [9.17, 15) is 9.18 Å². The van der Waals surface area contributed by atoms with Gasteiger partial charge in [0, 0.05) is 37.2 Å². The lowest BCUT2D eigenvalue weighted by Crippen LogP contribution is -2.39. The number of hydrogen-bond donors (Lipinski definition) is 1. The molecule has 5 nitrogen and oxygen atoms in total. The number of carbonyl (C=O) groups is 1. The second-order valence-corrected chi connectivity index (χ2v) is 6.10. The summed E-state index contributed by atoms with van der Waals surface area (Å²) in [5.41, 5.74) is 0.509. The second kappa shape index (κ2) is 7.10. The fourth-order valence-corrected chi connectivity index (χ4v) is 3.02. The normalized spacial score (nSPS) is 16.4. The first-order chi connectivity index (χ1) is 11.1. The molecule has 1 amide bonds. The number of anilines is 1. The molecular formula is C16H18ClFN4O. The molecule has 1 saturated heterocycles. The monoisotopic (exact) mass is 336 g/mol. The van der Waals surface area contributed by atoms with E-state index in [0.29, 0.717) is 18.3 Å². The summed E-state index contributed by atoms with van der Waals surface area (Å²) in [4.78, 5) is 18.3. The Morgan fingerprint density at radius 1 is 1.39 bits per heavy atom. The SMILES string of the molecule is O=C(CN1CCC(n2ccnc2)CC1)Nc1ccc(F)c(Cl)c1. The van der Waals surface area contributed by atoms with Crippen LogP contribution in [0.4, 0.5) is 10.1 Å². The highest BCUT2D eigenvalue weighted by molar-refractivity contribution is 6.31. The molecule has 3 rings (SSSR count). The van der Waals surface area contributed by atoms with Crippen molar-refractivity contribution < 1.29 is 9.18 Å². The number of hydrogen-bond acceptors (Lipinski definition) is 3. The van der Waals surface area contributed by atoms with Crippen molar-refractivity contribution in [3.8, 4) is 0 Å². The van der Waals surface area contributed by atoms with E-state index >= 15 is 0 Å². The molecule has 0 saturated carbocycles. The van der Waals surface area contributed by atoms with Gasteiger partial charge in [-0.3, -0.25) is 9.69 Å². The predicted octanol–water partition coefficient (Wildman–Crippen LogP) is 2.95. The van der Waals surface area contributed by atoms with Crippen molar-refractivity contribution in [1.82, 2.24) is 14.5 Å². The Hall–Kier alpha value is -1.92. The van der Waals surface area contributed by atoms with Crippen LogP contribution in [0.2, 0.25) is 5.02 Å². The Balaban J connectivity index is 1.48. The van der Waals surface area contributed by atoms with Gasteiger partial charge in [-0.25, -0.2) is 9.37 Å². The lowest BCUT2D eigenvalue weighted by molar-refractivity contribution is -0.117. The zero-order valence-electron chi connectivity index (χ0n) is 12.6. The van der Waals surface area contributed by atoms with Gasteiger partial charge >= 0.3 is 0 Å². The molecular weight excluding hydrogens is 319 g/mol. The number of carbonyl (C=O) groups excluding carboxylic acids is 1. The van der Waals surface area contributed by atoms with Crippen molar-refractivity contribution >= 4 is 23.2 Å². The summed E-state index contributed by atoms with van der Waals surface area (Å²) in [5, 5.41) is 2.75. The van der Waals surface area contributed by atoms with E-state index in [-0.39, 0.29) is 10.9 Å². The van der Waals surface area contributed by atoms with Crippen LogP contribution in [0.15, 0.2) is 36.9 Å². The number of amides is 1. The van der Waals surface area contributed by atoms with Crippen LogP contribution < -0.4 is 5.32 Å². The van der Waals surface area contributed by atoms with Gasteiger partial charge in [-0.1, -0.05) is 11.6 Å². The van der Waals surface area contributed by atoms with E-state index in [4.69, 9.17) is 11.6 Å². The Kier molecular flexibility index (Phi) is 4.93. The van der Waals surface area contributed by atoms with E-state index in [1.54, 1.807) is 6.20 Å². The van der Waals surface area contributed by atoms with Crippen LogP contribution in [0.25, 0.3) is 0 Å². The number of aromatic nitrogens is 2. The van der Waals surface area contributed by atoms with Crippen LogP contribution in [-0.2, 0) is 4.79 Å². The Labute approximate surface area is 139 Å². The molecule has 122 valence electrons. The first-order valence-corrected chi connectivity index (χ1v) is 7.94. The maximum absolute atomic E-state index is 13.1. The third kappa shape index (κ3) is 4.09. The highest BCUT2D eigenvalue weighted by Crippen LogP contribution is 2.22. The summed E-state index contributed by atoms with van der Waals surface area (Å²) in [6, 6.07) is 4.62. The van der Waals surface area contributed by atoms with Crippen LogP contribution in [-0.4, -0.2) is 40.0 Å². The van der Waals surface area contributed by atoms with Gasteiger partial charge in [0.25, 0.3) is 0 Å². The summed E-state index contributed by atoms with van der Waals surface area (Å²) >= 11 is 5.71. The van der Waals surface area contributed by atoms with Gasteiger partial charge in [0.2, 0.25) is 5.91 Å². The fraction of sp³-hybridized carbons (Fsp3) is 0.375. The third-order valence-corrected chi connectivity index (χ3v) is 4.36. The van der Waals surface area contributed by atoms with Crippen LogP contribution in [0.1, 0.15) is 18.9 Å². The summed E-state index contributed by atoms with van der Waals surface area (Å²) in [7, 11) is 0. The molecule has 23 heavy (non-hydrogen) atoms. The van der Waals surface area contributed by atoms with Gasteiger partial charge < -0.3 is 9.88 Å². The number of likely N-dealkylation sites (tertiary alicyclic amines) is 1. The van der Waals surface area contributed by atoms with Gasteiger partial charge in [-0.15, -0.1) is 0 Å². The summed E-state index contributed by atoms with van der Waals surface area (Å²) < 4.78 is 15.2. The van der Waals surface area contributed by atoms with E-state index in [1.165, 1.54) is 18.2 Å². The van der Waals surface area contributed by atoms with E-state index in [0.717, 1.165) is 25.9 Å². The number of nitrogens with one attached hydrogen (secondary N) is 1. The maximum Gasteiger partial charge on any atom is 0.238 e. The lowest BCUT2D eigenvalue weighted by Gasteiger charge is -2.31. The van der Waals surface area contributed by atoms with Crippen LogP contribution in [0.3, 0.4) is 0 Å². The molecule has 0 atom stereocenters. The number of rotatable bonds is 4. The number of nitrogens with zero attached hydrogens (tertiary/aromatic N) is 3. The molecule has 1 aromatic heterocycles. The number of imidazole rings is 1. The molecule has 1 aliphatic heterocycles. The van der Waals surface area contributed by atoms with Gasteiger partial charge in [0.1, 0.15) is 5.82 Å². The average molecular weight is 337 g/mol. The fourth-order valence-electron chi connectivity index (χ4n) is 2.84. The largest absolute Gasteiger partial charge is 0.334 e. The standard InChI is InChI=1S/C16H18ClFN4O/c17-14-9-12(1-2-15(14)18)20-16(23)10-21-6-3-13(4-7-21)22-8-5-19-11-22/h1-2,5,8-9,11,13H,3-4,6-7,10H2,(H,20,23). The molecule has 0 aliphatic carbocycles. The van der Waals surface area contributed by atoms with Gasteiger partial charge in [0.15, 0.2) is 0 Å². The first kappa shape index (κ1) is 16.0. The van der Waals surface area contributed by atoms with Crippen molar-refractivity contribution in [1.29, 1.82) is 0 Å². The van der Waals surface area contributed by atoms with Gasteiger partial charge in [-0.2, -0.15) is 0 Å². The minimum absolute atomic E-state index is 0.00365. The molecule has 0 radical (unpaired) electrons. The number of benzene rings is 1. The van der Waals surface area contributed by atoms with Crippen molar-refractivity contribution in [2.24, 2.45) is 0 Å². The summed E-state index contributed by atoms with van der Waals surface area (Å²) in [5.74, 6) is -0.611. The van der Waals surface area contributed by atoms with E-state index < -0.39 is 5.82 Å². The topological polar surface area (TPSA) is 50.2 Å². The number of halogens is 2. The Morgan fingerprint density at radius 2 is 2.17 bits per heavy atom. The highest BCUT2D eigenvalue weighted by atomic mass is 35.5. The molecule has 1 N–H and O–H groups in total. The molecule has 7 heteroatoms. The highest BCUT2D eigenvalue weighted by Gasteiger charge is 2.21. The van der Waals surface area contributed by atoms with Crippen LogP contribution >= 0.6 is 11.6 Å². The first-order valence-electron chi connectivity index (χ1n) is 7.56. The molecule has 1 aromatic carbocycles. The lowest BCUT2D eigenvalue weighted by atomic mass is 10.1.